The maximum absolute atomic E-state index is 5.21. The molecule has 0 unspecified atom stereocenters. The molecule has 0 saturated heterocycles. The minimum atomic E-state index is 0.623. The molecular formula is C22H17N5O. The highest BCUT2D eigenvalue weighted by Gasteiger charge is 2.08. The van der Waals surface area contributed by atoms with Gasteiger partial charge >= 0.3 is 0 Å². The maximum atomic E-state index is 5.21. The highest BCUT2D eigenvalue weighted by molar-refractivity contribution is 5.88. The summed E-state index contributed by atoms with van der Waals surface area (Å²) >= 11 is 0. The average molecular weight is 367 g/mol. The van der Waals surface area contributed by atoms with E-state index in [1.54, 1.807) is 13.3 Å². The van der Waals surface area contributed by atoms with Crippen LogP contribution >= 0.6 is 0 Å². The molecule has 0 aliphatic rings. The van der Waals surface area contributed by atoms with Crippen molar-refractivity contribution in [3.63, 3.8) is 0 Å². The van der Waals surface area contributed by atoms with Crippen LogP contribution in [0.2, 0.25) is 0 Å². The number of aryl methyl sites for hydroxylation is 1. The van der Waals surface area contributed by atoms with E-state index in [1.165, 1.54) is 0 Å². The Morgan fingerprint density at radius 2 is 1.64 bits per heavy atom. The molecule has 2 aromatic carbocycles. The Balaban J connectivity index is 1.54. The molecule has 0 fully saturated rings. The van der Waals surface area contributed by atoms with Gasteiger partial charge in [-0.1, -0.05) is 6.07 Å². The first-order valence-corrected chi connectivity index (χ1v) is 8.93. The zero-order chi connectivity index (χ0) is 19.1. The van der Waals surface area contributed by atoms with E-state index in [1.807, 2.05) is 55.6 Å². The Hall–Kier alpha value is -3.80. The summed E-state index contributed by atoms with van der Waals surface area (Å²) in [6, 6.07) is 15.9. The van der Waals surface area contributed by atoms with Crippen molar-refractivity contribution in [1.29, 1.82) is 0 Å². The number of methoxy groups -OCH3 is 1. The Bertz CT molecular complexity index is 1310. The second-order valence-electron chi connectivity index (χ2n) is 6.63. The van der Waals surface area contributed by atoms with Crippen LogP contribution < -0.4 is 4.74 Å². The third-order valence-electron chi connectivity index (χ3n) is 4.86. The van der Waals surface area contributed by atoms with Crippen molar-refractivity contribution in [1.82, 2.24) is 25.1 Å². The predicted octanol–water partition coefficient (Wildman–Crippen LogP) is 4.55. The van der Waals surface area contributed by atoms with Crippen molar-refractivity contribution in [2.45, 2.75) is 6.92 Å². The molecule has 3 heterocycles. The standard InChI is InChI=1S/C22H17N5O/c1-13-18-9-15(5-8-19(18)27-26-13)16-10-20-22(24-11-16)25-21(12-23-20)14-3-6-17(28-2)7-4-14/h3-12H,1-2H3,(H,26,27). The van der Waals surface area contributed by atoms with E-state index >= 15 is 0 Å². The minimum Gasteiger partial charge on any atom is -0.497 e. The normalized spacial score (nSPS) is 11.2. The lowest BCUT2D eigenvalue weighted by Crippen LogP contribution is -1.92. The molecule has 5 aromatic rings. The number of nitrogens with zero attached hydrogens (tertiary/aromatic N) is 4. The molecule has 6 nitrogen and oxygen atoms in total. The molecule has 0 amide bonds. The van der Waals surface area contributed by atoms with Gasteiger partial charge in [0.1, 0.15) is 11.3 Å². The summed E-state index contributed by atoms with van der Waals surface area (Å²) in [5.74, 6) is 0.810. The molecule has 0 spiro atoms. The molecule has 136 valence electrons. The number of aromatic nitrogens is 5. The topological polar surface area (TPSA) is 76.6 Å². The van der Waals surface area contributed by atoms with Crippen LogP contribution in [0.1, 0.15) is 5.69 Å². The molecule has 1 N–H and O–H groups in total. The third kappa shape index (κ3) is 2.75. The highest BCUT2D eigenvalue weighted by Crippen LogP contribution is 2.27. The van der Waals surface area contributed by atoms with Gasteiger partial charge in [0, 0.05) is 28.4 Å². The number of ether oxygens (including phenoxy) is 1. The fraction of sp³-hybridized carbons (Fsp3) is 0.0909. The van der Waals surface area contributed by atoms with Gasteiger partial charge < -0.3 is 4.74 Å². The number of aromatic amines is 1. The first-order chi connectivity index (χ1) is 13.7. The van der Waals surface area contributed by atoms with Crippen LogP contribution in [0.4, 0.5) is 0 Å². The van der Waals surface area contributed by atoms with E-state index in [-0.39, 0.29) is 0 Å². The first-order valence-electron chi connectivity index (χ1n) is 8.93. The van der Waals surface area contributed by atoms with Gasteiger partial charge in [-0.15, -0.1) is 0 Å². The second kappa shape index (κ2) is 6.42. The van der Waals surface area contributed by atoms with Crippen LogP contribution in [-0.2, 0) is 0 Å². The van der Waals surface area contributed by atoms with Crippen molar-refractivity contribution in [3.05, 3.63) is 66.6 Å². The van der Waals surface area contributed by atoms with E-state index in [2.05, 4.69) is 31.2 Å². The highest BCUT2D eigenvalue weighted by atomic mass is 16.5. The van der Waals surface area contributed by atoms with E-state index in [0.29, 0.717) is 5.65 Å². The molecule has 0 aliphatic carbocycles. The minimum absolute atomic E-state index is 0.623. The number of benzene rings is 2. The van der Waals surface area contributed by atoms with Crippen LogP contribution in [0.5, 0.6) is 5.75 Å². The van der Waals surface area contributed by atoms with E-state index in [0.717, 1.165) is 50.2 Å². The van der Waals surface area contributed by atoms with E-state index in [4.69, 9.17) is 4.74 Å². The Morgan fingerprint density at radius 3 is 2.46 bits per heavy atom. The SMILES string of the molecule is COc1ccc(-c2cnc3cc(-c4ccc5n[nH]c(C)c5c4)cnc3n2)cc1. The summed E-state index contributed by atoms with van der Waals surface area (Å²) in [6.07, 6.45) is 3.62. The van der Waals surface area contributed by atoms with Crippen LogP contribution in [0.25, 0.3) is 44.5 Å². The lowest BCUT2D eigenvalue weighted by molar-refractivity contribution is 0.415. The summed E-state index contributed by atoms with van der Waals surface area (Å²) in [4.78, 5) is 13.8. The Labute approximate surface area is 161 Å². The van der Waals surface area contributed by atoms with Gasteiger partial charge in [0.05, 0.1) is 24.5 Å². The van der Waals surface area contributed by atoms with Gasteiger partial charge in [-0.2, -0.15) is 5.10 Å². The van der Waals surface area contributed by atoms with Gasteiger partial charge in [0.2, 0.25) is 0 Å². The fourth-order valence-electron chi connectivity index (χ4n) is 3.28. The average Bonchev–Trinajstić information content (AvgIpc) is 3.13. The van der Waals surface area contributed by atoms with Crippen molar-refractivity contribution >= 4 is 22.1 Å². The molecular weight excluding hydrogens is 350 g/mol. The number of pyridine rings is 1. The van der Waals surface area contributed by atoms with Crippen molar-refractivity contribution in [2.75, 3.05) is 7.11 Å². The first kappa shape index (κ1) is 16.4. The van der Waals surface area contributed by atoms with Crippen LogP contribution in [-0.4, -0.2) is 32.3 Å². The van der Waals surface area contributed by atoms with Gasteiger partial charge in [-0.25, -0.2) is 9.97 Å². The van der Waals surface area contributed by atoms with Crippen molar-refractivity contribution in [3.8, 4) is 28.1 Å². The molecule has 0 saturated carbocycles. The summed E-state index contributed by atoms with van der Waals surface area (Å²) in [6.45, 7) is 2.02. The predicted molar refractivity (Wildman–Crippen MR) is 109 cm³/mol. The van der Waals surface area contributed by atoms with Crippen molar-refractivity contribution in [2.24, 2.45) is 0 Å². The van der Waals surface area contributed by atoms with Gasteiger partial charge in [-0.05, 0) is 55.0 Å². The number of rotatable bonds is 3. The van der Waals surface area contributed by atoms with Crippen LogP contribution in [0.3, 0.4) is 0 Å². The lowest BCUT2D eigenvalue weighted by Gasteiger charge is -2.06. The summed E-state index contributed by atoms with van der Waals surface area (Å²) < 4.78 is 5.21. The fourth-order valence-corrected chi connectivity index (χ4v) is 3.28. The van der Waals surface area contributed by atoms with Gasteiger partial charge in [0.25, 0.3) is 0 Å². The number of hydrogen-bond donors (Lipinski definition) is 1. The molecule has 0 aliphatic heterocycles. The van der Waals surface area contributed by atoms with E-state index < -0.39 is 0 Å². The van der Waals surface area contributed by atoms with Crippen LogP contribution in [0, 0.1) is 6.92 Å². The van der Waals surface area contributed by atoms with Gasteiger partial charge in [-0.3, -0.25) is 10.1 Å². The van der Waals surface area contributed by atoms with Gasteiger partial charge in [0.15, 0.2) is 5.65 Å². The molecule has 5 rings (SSSR count). The molecule has 0 radical (unpaired) electrons. The molecule has 0 bridgehead atoms. The largest absolute Gasteiger partial charge is 0.497 e. The molecule has 0 atom stereocenters. The number of hydrogen-bond acceptors (Lipinski definition) is 5. The number of nitrogens with one attached hydrogen (secondary N) is 1. The Kier molecular flexibility index (Phi) is 3.76. The zero-order valence-corrected chi connectivity index (χ0v) is 15.5. The third-order valence-corrected chi connectivity index (χ3v) is 4.86. The summed E-state index contributed by atoms with van der Waals surface area (Å²) in [5, 5.41) is 8.41. The monoisotopic (exact) mass is 367 g/mol. The lowest BCUT2D eigenvalue weighted by atomic mass is 10.0. The van der Waals surface area contributed by atoms with Crippen molar-refractivity contribution < 1.29 is 4.74 Å². The second-order valence-corrected chi connectivity index (χ2v) is 6.63. The zero-order valence-electron chi connectivity index (χ0n) is 15.5. The Morgan fingerprint density at radius 1 is 0.821 bits per heavy atom. The number of H-pyrrole nitrogens is 1. The maximum Gasteiger partial charge on any atom is 0.178 e. The molecule has 3 aromatic heterocycles. The van der Waals surface area contributed by atoms with Crippen LogP contribution in [0.15, 0.2) is 60.9 Å². The number of fused-ring (bicyclic) bond motifs is 2. The summed E-state index contributed by atoms with van der Waals surface area (Å²) in [5.41, 5.74) is 7.23. The quantitative estimate of drug-likeness (QED) is 0.506. The smallest absolute Gasteiger partial charge is 0.178 e. The summed E-state index contributed by atoms with van der Waals surface area (Å²) in [7, 11) is 1.65. The molecule has 6 heteroatoms. The van der Waals surface area contributed by atoms with E-state index in [9.17, 15) is 0 Å². The molecule has 28 heavy (non-hydrogen) atoms.